The molecule has 0 saturated carbocycles. The molecule has 0 radical (unpaired) electrons. The number of aromatic nitrogens is 4. The van der Waals surface area contributed by atoms with Crippen LogP contribution in [0.5, 0.6) is 11.5 Å². The number of ether oxygens (including phenoxy) is 1. The normalized spacial score (nSPS) is 11.7. The SMILES string of the molecule is CCc1cc(CC)c(OCCCCCC(C)(C)c2nnn[nH]2)cc1O. The van der Waals surface area contributed by atoms with Crippen LogP contribution in [0.1, 0.15) is 70.3 Å². The number of unbranched alkanes of at least 4 members (excludes halogenated alkanes) is 2. The smallest absolute Gasteiger partial charge is 0.154 e. The molecule has 1 aromatic heterocycles. The lowest BCUT2D eigenvalue weighted by Crippen LogP contribution is -2.19. The number of tetrazole rings is 1. The molecular weight excluding hydrogens is 316 g/mol. The van der Waals surface area contributed by atoms with Crippen molar-refractivity contribution in [2.45, 2.75) is 71.6 Å². The predicted molar refractivity (Wildman–Crippen MR) is 98.0 cm³/mol. The fourth-order valence-electron chi connectivity index (χ4n) is 2.95. The maximum Gasteiger partial charge on any atom is 0.154 e. The van der Waals surface area contributed by atoms with Crippen molar-refractivity contribution in [3.05, 3.63) is 29.1 Å². The number of hydrogen-bond acceptors (Lipinski definition) is 5. The zero-order valence-electron chi connectivity index (χ0n) is 15.8. The van der Waals surface area contributed by atoms with E-state index in [4.69, 9.17) is 4.74 Å². The fourth-order valence-corrected chi connectivity index (χ4v) is 2.95. The summed E-state index contributed by atoms with van der Waals surface area (Å²) in [6, 6.07) is 3.82. The van der Waals surface area contributed by atoms with Crippen molar-refractivity contribution in [3.8, 4) is 11.5 Å². The van der Waals surface area contributed by atoms with E-state index in [1.165, 1.54) is 0 Å². The molecule has 138 valence electrons. The Balaban J connectivity index is 1.75. The Morgan fingerprint density at radius 2 is 1.84 bits per heavy atom. The van der Waals surface area contributed by atoms with Crippen molar-refractivity contribution in [2.75, 3.05) is 6.61 Å². The Hall–Kier alpha value is -2.11. The van der Waals surface area contributed by atoms with Crippen molar-refractivity contribution in [1.82, 2.24) is 20.6 Å². The summed E-state index contributed by atoms with van der Waals surface area (Å²) in [7, 11) is 0. The largest absolute Gasteiger partial charge is 0.508 e. The summed E-state index contributed by atoms with van der Waals surface area (Å²) in [6.07, 6.45) is 5.93. The van der Waals surface area contributed by atoms with Gasteiger partial charge in [-0.05, 0) is 53.3 Å². The van der Waals surface area contributed by atoms with E-state index in [0.717, 1.165) is 61.2 Å². The molecule has 1 aromatic carbocycles. The lowest BCUT2D eigenvalue weighted by molar-refractivity contribution is 0.296. The minimum atomic E-state index is -0.0402. The second-order valence-electron chi connectivity index (χ2n) is 7.09. The van der Waals surface area contributed by atoms with Gasteiger partial charge in [0.15, 0.2) is 5.82 Å². The highest BCUT2D eigenvalue weighted by molar-refractivity contribution is 5.46. The first-order chi connectivity index (χ1) is 12.0. The third-order valence-corrected chi connectivity index (χ3v) is 4.71. The summed E-state index contributed by atoms with van der Waals surface area (Å²) in [6.45, 7) is 9.13. The van der Waals surface area contributed by atoms with Gasteiger partial charge >= 0.3 is 0 Å². The standard InChI is InChI=1S/C19H30N4O2/c1-5-14-12-15(6-2)17(13-16(14)24)25-11-9-7-8-10-19(3,4)18-20-22-23-21-18/h12-13,24H,5-11H2,1-4H3,(H,20,21,22,23). The van der Waals surface area contributed by atoms with E-state index in [2.05, 4.69) is 47.5 Å². The Morgan fingerprint density at radius 3 is 2.48 bits per heavy atom. The van der Waals surface area contributed by atoms with Gasteiger partial charge in [0.1, 0.15) is 11.5 Å². The monoisotopic (exact) mass is 346 g/mol. The molecule has 0 bridgehead atoms. The molecule has 0 aliphatic heterocycles. The van der Waals surface area contributed by atoms with Crippen molar-refractivity contribution in [2.24, 2.45) is 0 Å². The maximum absolute atomic E-state index is 10.0. The molecule has 2 aromatic rings. The molecule has 0 aliphatic carbocycles. The molecule has 0 fully saturated rings. The number of nitrogens with zero attached hydrogens (tertiary/aromatic N) is 3. The van der Waals surface area contributed by atoms with Gasteiger partial charge in [0, 0.05) is 11.5 Å². The zero-order chi connectivity index (χ0) is 18.3. The van der Waals surface area contributed by atoms with Gasteiger partial charge in [-0.3, -0.25) is 0 Å². The molecular formula is C19H30N4O2. The number of nitrogens with one attached hydrogen (secondary N) is 1. The second-order valence-corrected chi connectivity index (χ2v) is 7.09. The minimum absolute atomic E-state index is 0.0402. The number of rotatable bonds is 10. The number of aromatic hydroxyl groups is 1. The number of aryl methyl sites for hydroxylation is 2. The van der Waals surface area contributed by atoms with Gasteiger partial charge in [-0.1, -0.05) is 40.5 Å². The van der Waals surface area contributed by atoms with Crippen LogP contribution in [-0.4, -0.2) is 32.3 Å². The van der Waals surface area contributed by atoms with Gasteiger partial charge in [-0.15, -0.1) is 5.10 Å². The summed E-state index contributed by atoms with van der Waals surface area (Å²) in [5.41, 5.74) is 2.10. The van der Waals surface area contributed by atoms with E-state index in [1.54, 1.807) is 6.07 Å². The average molecular weight is 346 g/mol. The van der Waals surface area contributed by atoms with E-state index in [-0.39, 0.29) is 5.41 Å². The van der Waals surface area contributed by atoms with E-state index >= 15 is 0 Å². The van der Waals surface area contributed by atoms with Crippen LogP contribution < -0.4 is 4.74 Å². The number of H-pyrrole nitrogens is 1. The van der Waals surface area contributed by atoms with Crippen LogP contribution in [0.25, 0.3) is 0 Å². The quantitative estimate of drug-likeness (QED) is 0.636. The Morgan fingerprint density at radius 1 is 1.08 bits per heavy atom. The third kappa shape index (κ3) is 5.18. The van der Waals surface area contributed by atoms with Crippen LogP contribution in [0, 0.1) is 0 Å². The average Bonchev–Trinajstić information content (AvgIpc) is 3.13. The van der Waals surface area contributed by atoms with Crippen LogP contribution in [-0.2, 0) is 18.3 Å². The van der Waals surface area contributed by atoms with Crippen LogP contribution in [0.4, 0.5) is 0 Å². The Labute approximate surface area is 150 Å². The van der Waals surface area contributed by atoms with Gasteiger partial charge < -0.3 is 9.84 Å². The summed E-state index contributed by atoms with van der Waals surface area (Å²) < 4.78 is 5.91. The van der Waals surface area contributed by atoms with Gasteiger partial charge in [-0.25, -0.2) is 5.10 Å². The van der Waals surface area contributed by atoms with E-state index in [0.29, 0.717) is 12.4 Å². The molecule has 6 heteroatoms. The highest BCUT2D eigenvalue weighted by Crippen LogP contribution is 2.30. The molecule has 0 atom stereocenters. The molecule has 1 heterocycles. The second kappa shape index (κ2) is 8.83. The van der Waals surface area contributed by atoms with Crippen LogP contribution in [0.2, 0.25) is 0 Å². The summed E-state index contributed by atoms with van der Waals surface area (Å²) in [5, 5.41) is 24.2. The minimum Gasteiger partial charge on any atom is -0.508 e. The molecule has 25 heavy (non-hydrogen) atoms. The number of aromatic amines is 1. The predicted octanol–water partition coefficient (Wildman–Crippen LogP) is 3.95. The first kappa shape index (κ1) is 19.2. The molecule has 0 unspecified atom stereocenters. The fraction of sp³-hybridized carbons (Fsp3) is 0.632. The lowest BCUT2D eigenvalue weighted by Gasteiger charge is -2.20. The Bertz CT molecular complexity index is 654. The van der Waals surface area contributed by atoms with Crippen molar-refractivity contribution in [3.63, 3.8) is 0 Å². The van der Waals surface area contributed by atoms with E-state index in [9.17, 15) is 5.11 Å². The van der Waals surface area contributed by atoms with E-state index in [1.807, 2.05) is 6.92 Å². The van der Waals surface area contributed by atoms with Crippen molar-refractivity contribution >= 4 is 0 Å². The number of phenolic OH excluding ortho intramolecular Hbond substituents is 1. The zero-order valence-corrected chi connectivity index (χ0v) is 15.8. The first-order valence-corrected chi connectivity index (χ1v) is 9.19. The summed E-state index contributed by atoms with van der Waals surface area (Å²) in [4.78, 5) is 0. The van der Waals surface area contributed by atoms with Gasteiger partial charge in [-0.2, -0.15) is 0 Å². The molecule has 2 rings (SSSR count). The summed E-state index contributed by atoms with van der Waals surface area (Å²) in [5.74, 6) is 1.98. The molecule has 0 aliphatic rings. The maximum atomic E-state index is 10.0. The number of phenols is 1. The highest BCUT2D eigenvalue weighted by Gasteiger charge is 2.23. The van der Waals surface area contributed by atoms with Crippen molar-refractivity contribution in [1.29, 1.82) is 0 Å². The Kier molecular flexibility index (Phi) is 6.79. The van der Waals surface area contributed by atoms with Crippen LogP contribution >= 0.6 is 0 Å². The van der Waals surface area contributed by atoms with Gasteiger partial charge in [0.05, 0.1) is 6.61 Å². The highest BCUT2D eigenvalue weighted by atomic mass is 16.5. The number of hydrogen-bond donors (Lipinski definition) is 2. The topological polar surface area (TPSA) is 83.9 Å². The van der Waals surface area contributed by atoms with Crippen LogP contribution in [0.3, 0.4) is 0 Å². The van der Waals surface area contributed by atoms with Gasteiger partial charge in [0.25, 0.3) is 0 Å². The third-order valence-electron chi connectivity index (χ3n) is 4.71. The molecule has 2 N–H and O–H groups in total. The molecule has 0 spiro atoms. The molecule has 0 amide bonds. The van der Waals surface area contributed by atoms with Crippen LogP contribution in [0.15, 0.2) is 12.1 Å². The summed E-state index contributed by atoms with van der Waals surface area (Å²) >= 11 is 0. The first-order valence-electron chi connectivity index (χ1n) is 9.19. The van der Waals surface area contributed by atoms with Gasteiger partial charge in [0.2, 0.25) is 0 Å². The molecule has 0 saturated heterocycles. The van der Waals surface area contributed by atoms with E-state index < -0.39 is 0 Å². The lowest BCUT2D eigenvalue weighted by atomic mass is 9.86. The molecule has 6 nitrogen and oxygen atoms in total. The van der Waals surface area contributed by atoms with Crippen molar-refractivity contribution < 1.29 is 9.84 Å². The number of benzene rings is 1.